The Morgan fingerprint density at radius 3 is 2.88 bits per heavy atom. The molecule has 2 aromatic heterocycles. The summed E-state index contributed by atoms with van der Waals surface area (Å²) in [6.07, 6.45) is 1.50. The fraction of sp³-hybridized carbons (Fsp3) is 0.222. The van der Waals surface area contributed by atoms with Crippen LogP contribution in [-0.2, 0) is 0 Å². The Hall–Kier alpha value is -2.31. The number of hydrogen-bond acceptors (Lipinski definition) is 3. The summed E-state index contributed by atoms with van der Waals surface area (Å²) in [6, 6.07) is 2.69. The van der Waals surface area contributed by atoms with Gasteiger partial charge >= 0.3 is 0 Å². The van der Waals surface area contributed by atoms with Gasteiger partial charge in [0.15, 0.2) is 0 Å². The third kappa shape index (κ3) is 2.02. The van der Waals surface area contributed by atoms with Crippen LogP contribution in [0.3, 0.4) is 0 Å². The van der Waals surface area contributed by atoms with E-state index in [9.17, 15) is 9.59 Å². The number of carbonyl (C=O) groups is 1. The number of aromatic amines is 3. The largest absolute Gasteiger partial charge is 0.343 e. The normalized spacial score (nSPS) is 12.3. The average molecular weight is 221 g/mol. The molecule has 0 spiro atoms. The molecule has 4 N–H and O–H groups in total. The first kappa shape index (κ1) is 10.2. The van der Waals surface area contributed by atoms with Crippen LogP contribution in [0.2, 0.25) is 0 Å². The second kappa shape index (κ2) is 4.05. The summed E-state index contributed by atoms with van der Waals surface area (Å²) < 4.78 is 0. The Balaban J connectivity index is 2.05. The van der Waals surface area contributed by atoms with E-state index in [4.69, 9.17) is 0 Å². The minimum Gasteiger partial charge on any atom is -0.343 e. The molecule has 0 aliphatic rings. The van der Waals surface area contributed by atoms with Crippen LogP contribution < -0.4 is 10.9 Å². The molecule has 0 aliphatic carbocycles. The average Bonchev–Trinajstić information content (AvgIpc) is 2.87. The van der Waals surface area contributed by atoms with Crippen molar-refractivity contribution in [3.63, 3.8) is 0 Å². The molecule has 0 saturated heterocycles. The monoisotopic (exact) mass is 221 g/mol. The topological polar surface area (TPSA) is 106 Å². The first-order valence-corrected chi connectivity index (χ1v) is 4.74. The number of carbonyl (C=O) groups excluding carboxylic acids is 1. The minimum absolute atomic E-state index is 0.224. The van der Waals surface area contributed by atoms with Gasteiger partial charge in [0, 0.05) is 12.3 Å². The van der Waals surface area contributed by atoms with Crippen LogP contribution >= 0.6 is 0 Å². The first-order valence-electron chi connectivity index (χ1n) is 4.74. The summed E-state index contributed by atoms with van der Waals surface area (Å²) in [4.78, 5) is 22.5. The van der Waals surface area contributed by atoms with Crippen LogP contribution in [-0.4, -0.2) is 26.3 Å². The molecule has 0 saturated carbocycles. The number of amides is 1. The highest BCUT2D eigenvalue weighted by atomic mass is 16.2. The molecule has 2 aromatic rings. The molecule has 0 fully saturated rings. The zero-order chi connectivity index (χ0) is 11.5. The van der Waals surface area contributed by atoms with Gasteiger partial charge in [0.2, 0.25) is 0 Å². The summed E-state index contributed by atoms with van der Waals surface area (Å²) in [5.41, 5.74) is 0.778. The molecule has 0 aromatic carbocycles. The molecule has 2 rings (SSSR count). The highest BCUT2D eigenvalue weighted by Gasteiger charge is 2.13. The van der Waals surface area contributed by atoms with E-state index in [1.807, 2.05) is 0 Å². The molecule has 16 heavy (non-hydrogen) atoms. The summed E-state index contributed by atoms with van der Waals surface area (Å²) in [6.45, 7) is 1.77. The van der Waals surface area contributed by atoms with Gasteiger partial charge in [-0.1, -0.05) is 0 Å². The maximum absolute atomic E-state index is 11.6. The van der Waals surface area contributed by atoms with Crippen molar-refractivity contribution in [3.05, 3.63) is 40.1 Å². The fourth-order valence-electron chi connectivity index (χ4n) is 1.31. The smallest absolute Gasteiger partial charge is 0.269 e. The van der Waals surface area contributed by atoms with E-state index in [2.05, 4.69) is 25.7 Å². The van der Waals surface area contributed by atoms with Crippen LogP contribution in [0, 0.1) is 0 Å². The highest BCUT2D eigenvalue weighted by molar-refractivity contribution is 5.92. The number of nitrogens with one attached hydrogen (secondary N) is 4. The number of H-pyrrole nitrogens is 3. The molecular formula is C9H11N5O2. The molecule has 0 radical (unpaired) electrons. The predicted octanol–water partition coefficient (Wildman–Crippen LogP) is -0.0829. The van der Waals surface area contributed by atoms with Crippen LogP contribution in [0.15, 0.2) is 23.1 Å². The molecule has 2 heterocycles. The Morgan fingerprint density at radius 2 is 2.31 bits per heavy atom. The van der Waals surface area contributed by atoms with Gasteiger partial charge in [-0.25, -0.2) is 0 Å². The molecule has 0 aliphatic heterocycles. The zero-order valence-electron chi connectivity index (χ0n) is 8.57. The van der Waals surface area contributed by atoms with E-state index in [0.29, 0.717) is 11.4 Å². The van der Waals surface area contributed by atoms with E-state index < -0.39 is 0 Å². The van der Waals surface area contributed by atoms with Crippen LogP contribution in [0.1, 0.15) is 29.1 Å². The molecule has 1 amide bonds. The van der Waals surface area contributed by atoms with Gasteiger partial charge in [-0.3, -0.25) is 19.8 Å². The quantitative estimate of drug-likeness (QED) is 0.582. The SMILES string of the molecule is CC(NC(=O)c1ccn[nH]1)c1cc(=O)[nH][nH]1. The van der Waals surface area contributed by atoms with E-state index in [-0.39, 0.29) is 17.5 Å². The van der Waals surface area contributed by atoms with Gasteiger partial charge in [0.1, 0.15) is 5.69 Å². The Morgan fingerprint density at radius 1 is 1.50 bits per heavy atom. The second-order valence-corrected chi connectivity index (χ2v) is 3.38. The molecule has 1 atom stereocenters. The van der Waals surface area contributed by atoms with Crippen molar-refractivity contribution in [1.82, 2.24) is 25.7 Å². The maximum atomic E-state index is 11.6. The number of aromatic nitrogens is 4. The van der Waals surface area contributed by atoms with Crippen molar-refractivity contribution < 1.29 is 4.79 Å². The molecule has 0 bridgehead atoms. The summed E-state index contributed by atoms with van der Waals surface area (Å²) in [5, 5.41) is 14.0. The lowest BCUT2D eigenvalue weighted by Crippen LogP contribution is -2.27. The lowest BCUT2D eigenvalue weighted by molar-refractivity contribution is 0.0934. The predicted molar refractivity (Wildman–Crippen MR) is 55.9 cm³/mol. The van der Waals surface area contributed by atoms with E-state index in [0.717, 1.165) is 0 Å². The molecule has 7 nitrogen and oxygen atoms in total. The van der Waals surface area contributed by atoms with Gasteiger partial charge in [-0.05, 0) is 13.0 Å². The Labute approximate surface area is 90.3 Å². The van der Waals surface area contributed by atoms with Crippen molar-refractivity contribution in [2.24, 2.45) is 0 Å². The van der Waals surface area contributed by atoms with Gasteiger partial charge < -0.3 is 10.4 Å². The van der Waals surface area contributed by atoms with Crippen molar-refractivity contribution in [2.75, 3.05) is 0 Å². The molecule has 7 heteroatoms. The first-order chi connectivity index (χ1) is 7.66. The molecule has 1 unspecified atom stereocenters. The van der Waals surface area contributed by atoms with Gasteiger partial charge in [-0.15, -0.1) is 0 Å². The third-order valence-electron chi connectivity index (χ3n) is 2.18. The van der Waals surface area contributed by atoms with Gasteiger partial charge in [0.25, 0.3) is 11.5 Å². The van der Waals surface area contributed by atoms with Crippen molar-refractivity contribution in [3.8, 4) is 0 Å². The highest BCUT2D eigenvalue weighted by Crippen LogP contribution is 2.06. The third-order valence-corrected chi connectivity index (χ3v) is 2.18. The van der Waals surface area contributed by atoms with E-state index in [1.54, 1.807) is 13.0 Å². The van der Waals surface area contributed by atoms with Crippen LogP contribution in [0.5, 0.6) is 0 Å². The van der Waals surface area contributed by atoms with Gasteiger partial charge in [0.05, 0.1) is 11.7 Å². The van der Waals surface area contributed by atoms with Crippen molar-refractivity contribution in [2.45, 2.75) is 13.0 Å². The van der Waals surface area contributed by atoms with Crippen LogP contribution in [0.4, 0.5) is 0 Å². The lowest BCUT2D eigenvalue weighted by Gasteiger charge is -2.10. The van der Waals surface area contributed by atoms with Crippen molar-refractivity contribution in [1.29, 1.82) is 0 Å². The summed E-state index contributed by atoms with van der Waals surface area (Å²) >= 11 is 0. The summed E-state index contributed by atoms with van der Waals surface area (Å²) in [7, 11) is 0. The summed E-state index contributed by atoms with van der Waals surface area (Å²) in [5.74, 6) is -0.271. The van der Waals surface area contributed by atoms with Crippen molar-refractivity contribution >= 4 is 5.91 Å². The fourth-order valence-corrected chi connectivity index (χ4v) is 1.31. The molecule has 84 valence electrons. The molecular weight excluding hydrogens is 210 g/mol. The minimum atomic E-state index is -0.283. The standard InChI is InChI=1S/C9H11N5O2/c1-5(7-4-8(15)14-13-7)11-9(16)6-2-3-10-12-6/h2-5H,1H3,(H,10,12)(H,11,16)(H2,13,14,15). The van der Waals surface area contributed by atoms with Crippen LogP contribution in [0.25, 0.3) is 0 Å². The Bertz CT molecular complexity index is 524. The number of nitrogens with zero attached hydrogens (tertiary/aromatic N) is 1. The number of hydrogen-bond donors (Lipinski definition) is 4. The number of rotatable bonds is 3. The van der Waals surface area contributed by atoms with Gasteiger partial charge in [-0.2, -0.15) is 5.10 Å². The van der Waals surface area contributed by atoms with E-state index >= 15 is 0 Å². The maximum Gasteiger partial charge on any atom is 0.269 e. The lowest BCUT2D eigenvalue weighted by atomic mass is 10.2. The second-order valence-electron chi connectivity index (χ2n) is 3.38. The van der Waals surface area contributed by atoms with E-state index in [1.165, 1.54) is 12.3 Å². The zero-order valence-corrected chi connectivity index (χ0v) is 8.57. The Kier molecular flexibility index (Phi) is 2.59.